The van der Waals surface area contributed by atoms with E-state index >= 15 is 0 Å². The first-order valence-corrected chi connectivity index (χ1v) is 18.6. The maximum absolute atomic E-state index is 13.9. The van der Waals surface area contributed by atoms with Crippen LogP contribution in [0.3, 0.4) is 0 Å². The minimum Gasteiger partial charge on any atom is -0.496 e. The van der Waals surface area contributed by atoms with Crippen molar-refractivity contribution in [3.05, 3.63) is 71.3 Å². The molecule has 3 aromatic rings. The van der Waals surface area contributed by atoms with Gasteiger partial charge < -0.3 is 24.8 Å². The van der Waals surface area contributed by atoms with Crippen LogP contribution in [0, 0.1) is 35.5 Å². The third-order valence-electron chi connectivity index (χ3n) is 12.6. The number of esters is 1. The Morgan fingerprint density at radius 2 is 1.62 bits per heavy atom. The molecule has 4 aliphatic carbocycles. The highest BCUT2D eigenvalue weighted by Gasteiger charge is 2.52. The topological polar surface area (TPSA) is 103 Å². The minimum atomic E-state index is -0.580. The molecule has 4 atom stereocenters. The van der Waals surface area contributed by atoms with E-state index in [-0.39, 0.29) is 47.9 Å². The van der Waals surface area contributed by atoms with Crippen LogP contribution in [-0.2, 0) is 20.9 Å². The van der Waals surface area contributed by atoms with Gasteiger partial charge >= 0.3 is 5.97 Å². The lowest BCUT2D eigenvalue weighted by atomic mass is 9.70. The van der Waals surface area contributed by atoms with Crippen LogP contribution < -0.4 is 20.1 Å². The number of aryl methyl sites for hydroxylation is 1. The van der Waals surface area contributed by atoms with E-state index in [0.717, 1.165) is 54.0 Å². The van der Waals surface area contributed by atoms with E-state index in [0.29, 0.717) is 61.1 Å². The number of fused-ring (bicyclic) bond motifs is 3. The monoisotopic (exact) mass is 680 g/mol. The number of amides is 2. The number of ether oxygens (including phenoxy) is 3. The summed E-state index contributed by atoms with van der Waals surface area (Å²) < 4.78 is 18.1. The van der Waals surface area contributed by atoms with E-state index in [4.69, 9.17) is 14.2 Å². The Kier molecular flexibility index (Phi) is 9.57. The van der Waals surface area contributed by atoms with Crippen LogP contribution in [0.2, 0.25) is 0 Å². The van der Waals surface area contributed by atoms with Crippen LogP contribution in [0.15, 0.2) is 54.6 Å². The molecular formula is C42H52N2O6. The summed E-state index contributed by atoms with van der Waals surface area (Å²) in [5, 5.41) is 8.76. The zero-order valence-electron chi connectivity index (χ0n) is 30.0. The van der Waals surface area contributed by atoms with Crippen molar-refractivity contribution in [1.82, 2.24) is 10.6 Å². The van der Waals surface area contributed by atoms with Gasteiger partial charge in [-0.3, -0.25) is 14.4 Å². The van der Waals surface area contributed by atoms with Gasteiger partial charge in [0.2, 0.25) is 5.91 Å². The van der Waals surface area contributed by atoms with Crippen LogP contribution in [0.1, 0.15) is 99.5 Å². The normalized spacial score (nSPS) is 28.0. The fourth-order valence-corrected chi connectivity index (χ4v) is 9.08. The number of carbonyl (C=O) groups is 3. The molecule has 4 saturated carbocycles. The van der Waals surface area contributed by atoms with Crippen molar-refractivity contribution < 1.29 is 28.6 Å². The van der Waals surface area contributed by atoms with Crippen molar-refractivity contribution in [1.29, 1.82) is 0 Å². The SMILES string of the molecule is COc1cc(C)c(O[C@H]2CC[C@@](C)(C(=O)OCc3cccc4ccccc34)CC2)cc1C(=O)N[C@@H]1[C@H]2CC[C@H](C2)[C@@H]1C(=O)NCC1(C)CCC1. The molecule has 3 aromatic carbocycles. The quantitative estimate of drug-likeness (QED) is 0.202. The molecule has 0 aliphatic heterocycles. The second-order valence-corrected chi connectivity index (χ2v) is 16.2. The zero-order chi connectivity index (χ0) is 35.0. The second-order valence-electron chi connectivity index (χ2n) is 16.2. The molecule has 0 heterocycles. The van der Waals surface area contributed by atoms with Gasteiger partial charge in [-0.25, -0.2) is 0 Å². The average molecular weight is 681 g/mol. The highest BCUT2D eigenvalue weighted by Crippen LogP contribution is 2.49. The molecule has 0 saturated heterocycles. The number of benzene rings is 3. The van der Waals surface area contributed by atoms with Crippen LogP contribution in [-0.4, -0.2) is 43.6 Å². The summed E-state index contributed by atoms with van der Waals surface area (Å²) in [7, 11) is 1.57. The van der Waals surface area contributed by atoms with Gasteiger partial charge in [-0.05, 0) is 123 Å². The molecule has 8 nitrogen and oxygen atoms in total. The van der Waals surface area contributed by atoms with E-state index in [1.54, 1.807) is 13.2 Å². The molecule has 4 fully saturated rings. The first kappa shape index (κ1) is 34.4. The van der Waals surface area contributed by atoms with E-state index < -0.39 is 5.41 Å². The minimum absolute atomic E-state index is 0.0808. The molecule has 0 aromatic heterocycles. The number of rotatable bonds is 11. The highest BCUT2D eigenvalue weighted by atomic mass is 16.5. The van der Waals surface area contributed by atoms with Crippen molar-refractivity contribution >= 4 is 28.6 Å². The molecular weight excluding hydrogens is 628 g/mol. The summed E-state index contributed by atoms with van der Waals surface area (Å²) in [6.07, 6.45) is 9.22. The molecule has 266 valence electrons. The smallest absolute Gasteiger partial charge is 0.312 e. The van der Waals surface area contributed by atoms with Gasteiger partial charge in [-0.15, -0.1) is 0 Å². The van der Waals surface area contributed by atoms with Gasteiger partial charge in [0.1, 0.15) is 18.1 Å². The van der Waals surface area contributed by atoms with Crippen LogP contribution in [0.5, 0.6) is 11.5 Å². The Morgan fingerprint density at radius 1 is 0.880 bits per heavy atom. The molecule has 2 amide bonds. The Labute approximate surface area is 296 Å². The van der Waals surface area contributed by atoms with E-state index in [1.165, 1.54) is 6.42 Å². The van der Waals surface area contributed by atoms with E-state index in [2.05, 4.69) is 35.8 Å². The second kappa shape index (κ2) is 13.9. The van der Waals surface area contributed by atoms with Crippen LogP contribution in [0.4, 0.5) is 0 Å². The largest absolute Gasteiger partial charge is 0.496 e. The van der Waals surface area contributed by atoms with Crippen molar-refractivity contribution in [2.45, 2.75) is 104 Å². The average Bonchev–Trinajstić information content (AvgIpc) is 3.72. The van der Waals surface area contributed by atoms with Crippen LogP contribution in [0.25, 0.3) is 10.8 Å². The highest BCUT2D eigenvalue weighted by molar-refractivity contribution is 5.98. The number of hydrogen-bond donors (Lipinski definition) is 2. The molecule has 7 rings (SSSR count). The molecule has 50 heavy (non-hydrogen) atoms. The lowest BCUT2D eigenvalue weighted by Gasteiger charge is -2.39. The lowest BCUT2D eigenvalue weighted by Crippen LogP contribution is -2.51. The van der Waals surface area contributed by atoms with Crippen molar-refractivity contribution in [2.24, 2.45) is 28.6 Å². The number of hydrogen-bond acceptors (Lipinski definition) is 6. The molecule has 0 spiro atoms. The number of carbonyl (C=O) groups excluding carboxylic acids is 3. The number of methoxy groups -OCH3 is 1. The van der Waals surface area contributed by atoms with Crippen molar-refractivity contribution in [3.8, 4) is 11.5 Å². The Morgan fingerprint density at radius 3 is 2.36 bits per heavy atom. The van der Waals surface area contributed by atoms with E-state index in [1.807, 2.05) is 44.2 Å². The maximum atomic E-state index is 13.9. The van der Waals surface area contributed by atoms with Gasteiger partial charge in [0, 0.05) is 12.6 Å². The van der Waals surface area contributed by atoms with E-state index in [9.17, 15) is 14.4 Å². The summed E-state index contributed by atoms with van der Waals surface area (Å²) in [6, 6.07) is 17.7. The maximum Gasteiger partial charge on any atom is 0.312 e. The summed E-state index contributed by atoms with van der Waals surface area (Å²) in [5.74, 6) is 1.21. The van der Waals surface area contributed by atoms with Gasteiger partial charge in [0.25, 0.3) is 5.91 Å². The first-order chi connectivity index (χ1) is 24.1. The molecule has 2 bridgehead atoms. The fourth-order valence-electron chi connectivity index (χ4n) is 9.08. The first-order valence-electron chi connectivity index (χ1n) is 18.6. The molecule has 8 heteroatoms. The van der Waals surface area contributed by atoms with Gasteiger partial charge in [0.05, 0.1) is 30.1 Å². The Hall–Kier alpha value is -4.07. The lowest BCUT2D eigenvalue weighted by molar-refractivity contribution is -0.159. The third-order valence-corrected chi connectivity index (χ3v) is 12.6. The summed E-state index contributed by atoms with van der Waals surface area (Å²) in [5.41, 5.74) is 1.92. The number of nitrogens with one attached hydrogen (secondary N) is 2. The fraction of sp³-hybridized carbons (Fsp3) is 0.548. The summed E-state index contributed by atoms with van der Waals surface area (Å²) >= 11 is 0. The van der Waals surface area contributed by atoms with Gasteiger partial charge in [-0.1, -0.05) is 55.8 Å². The predicted octanol–water partition coefficient (Wildman–Crippen LogP) is 7.68. The molecule has 2 N–H and O–H groups in total. The van der Waals surface area contributed by atoms with Crippen LogP contribution >= 0.6 is 0 Å². The Balaban J connectivity index is 0.975. The van der Waals surface area contributed by atoms with Gasteiger partial charge in [0.15, 0.2) is 0 Å². The van der Waals surface area contributed by atoms with Gasteiger partial charge in [-0.2, -0.15) is 0 Å². The molecule has 0 unspecified atom stereocenters. The summed E-state index contributed by atoms with van der Waals surface area (Å²) in [4.78, 5) is 40.8. The Bertz CT molecular complexity index is 1750. The summed E-state index contributed by atoms with van der Waals surface area (Å²) in [6.45, 7) is 7.15. The van der Waals surface area contributed by atoms with Crippen molar-refractivity contribution in [3.63, 3.8) is 0 Å². The standard InChI is InChI=1S/C42H52N2O6/c1-26-21-35(48-4)33(38(45)44-37-29-14-13-28(22-29)36(37)39(46)43-25-41(2)17-8-18-41)23-34(26)50-31-15-19-42(3,20-16-31)40(47)49-24-30-11-7-10-27-9-5-6-12-32(27)30/h5-7,9-12,21,23,28-29,31,36-37H,8,13-20,22,24-25H2,1-4H3,(H,43,46)(H,44,45)/t28-,29+,31-,36+,37-,42+/m1/s1. The third kappa shape index (κ3) is 6.82. The van der Waals surface area contributed by atoms with Crippen molar-refractivity contribution in [2.75, 3.05) is 13.7 Å². The predicted molar refractivity (Wildman–Crippen MR) is 193 cm³/mol. The zero-order valence-corrected chi connectivity index (χ0v) is 30.0. The molecule has 4 aliphatic rings. The molecule has 0 radical (unpaired) electrons.